The topological polar surface area (TPSA) is 72.1 Å². The Bertz CT molecular complexity index is 963. The molecule has 3 aromatic rings. The SMILES string of the molecule is Cc1cc(C2CCCN2C(=O)c2ccc3nc(C)c(C)nc3c2)no1. The van der Waals surface area contributed by atoms with Gasteiger partial charge in [-0.15, -0.1) is 0 Å². The van der Waals surface area contributed by atoms with Crippen molar-refractivity contribution < 1.29 is 9.32 Å². The molecule has 1 aliphatic heterocycles. The Hall–Kier alpha value is -2.76. The Morgan fingerprint density at radius 3 is 2.60 bits per heavy atom. The number of fused-ring (bicyclic) bond motifs is 1. The summed E-state index contributed by atoms with van der Waals surface area (Å²) in [7, 11) is 0. The van der Waals surface area contributed by atoms with Crippen molar-refractivity contribution in [1.29, 1.82) is 0 Å². The Labute approximate surface area is 145 Å². The van der Waals surface area contributed by atoms with Gasteiger partial charge in [0, 0.05) is 18.2 Å². The molecule has 25 heavy (non-hydrogen) atoms. The molecule has 2 aromatic heterocycles. The van der Waals surface area contributed by atoms with E-state index in [1.165, 1.54) is 0 Å². The quantitative estimate of drug-likeness (QED) is 0.716. The summed E-state index contributed by atoms with van der Waals surface area (Å²) in [5.74, 6) is 0.770. The van der Waals surface area contributed by atoms with E-state index < -0.39 is 0 Å². The number of amides is 1. The van der Waals surface area contributed by atoms with Crippen molar-refractivity contribution >= 4 is 16.9 Å². The molecule has 1 aliphatic rings. The number of likely N-dealkylation sites (tertiary alicyclic amines) is 1. The molecule has 1 unspecified atom stereocenters. The summed E-state index contributed by atoms with van der Waals surface area (Å²) in [6, 6.07) is 7.42. The van der Waals surface area contributed by atoms with Crippen molar-refractivity contribution in [3.63, 3.8) is 0 Å². The van der Waals surface area contributed by atoms with Crippen LogP contribution in [-0.4, -0.2) is 32.5 Å². The third kappa shape index (κ3) is 2.77. The lowest BCUT2D eigenvalue weighted by Gasteiger charge is -2.23. The normalized spacial score (nSPS) is 17.4. The molecule has 6 nitrogen and oxygen atoms in total. The van der Waals surface area contributed by atoms with Crippen LogP contribution < -0.4 is 0 Å². The molecule has 0 bridgehead atoms. The second kappa shape index (κ2) is 5.95. The van der Waals surface area contributed by atoms with Gasteiger partial charge in [0.1, 0.15) is 11.5 Å². The molecule has 6 heteroatoms. The molecule has 4 rings (SSSR count). The van der Waals surface area contributed by atoms with Gasteiger partial charge in [-0.25, -0.2) is 9.97 Å². The van der Waals surface area contributed by atoms with Crippen molar-refractivity contribution in [1.82, 2.24) is 20.0 Å². The third-order valence-electron chi connectivity index (χ3n) is 4.82. The minimum Gasteiger partial charge on any atom is -0.361 e. The summed E-state index contributed by atoms with van der Waals surface area (Å²) in [4.78, 5) is 24.0. The number of aryl methyl sites for hydroxylation is 3. The van der Waals surface area contributed by atoms with Gasteiger partial charge in [0.25, 0.3) is 5.91 Å². The van der Waals surface area contributed by atoms with Gasteiger partial charge in [-0.05, 0) is 51.8 Å². The molecule has 1 atom stereocenters. The second-order valence-corrected chi connectivity index (χ2v) is 6.62. The van der Waals surface area contributed by atoms with Crippen LogP contribution in [-0.2, 0) is 0 Å². The molecule has 0 N–H and O–H groups in total. The summed E-state index contributed by atoms with van der Waals surface area (Å²) in [5, 5.41) is 4.10. The fourth-order valence-electron chi connectivity index (χ4n) is 3.39. The lowest BCUT2D eigenvalue weighted by molar-refractivity contribution is 0.0731. The monoisotopic (exact) mass is 336 g/mol. The fraction of sp³-hybridized carbons (Fsp3) is 0.368. The summed E-state index contributed by atoms with van der Waals surface area (Å²) in [5.41, 5.74) is 4.82. The molecule has 1 amide bonds. The molecular weight excluding hydrogens is 316 g/mol. The highest BCUT2D eigenvalue weighted by Gasteiger charge is 2.32. The van der Waals surface area contributed by atoms with E-state index in [0.717, 1.165) is 53.3 Å². The maximum absolute atomic E-state index is 13.1. The molecule has 3 heterocycles. The first-order valence-corrected chi connectivity index (χ1v) is 8.52. The van der Waals surface area contributed by atoms with Gasteiger partial charge in [-0.3, -0.25) is 4.79 Å². The smallest absolute Gasteiger partial charge is 0.254 e. The first kappa shape index (κ1) is 15.7. The number of nitrogens with zero attached hydrogens (tertiary/aromatic N) is 4. The molecule has 128 valence electrons. The molecule has 0 spiro atoms. The van der Waals surface area contributed by atoms with Gasteiger partial charge in [-0.1, -0.05) is 5.16 Å². The van der Waals surface area contributed by atoms with Crippen LogP contribution in [0.2, 0.25) is 0 Å². The Morgan fingerprint density at radius 2 is 1.88 bits per heavy atom. The zero-order valence-electron chi connectivity index (χ0n) is 14.6. The van der Waals surface area contributed by atoms with Gasteiger partial charge < -0.3 is 9.42 Å². The highest BCUT2D eigenvalue weighted by Crippen LogP contribution is 2.33. The van der Waals surface area contributed by atoms with E-state index in [4.69, 9.17) is 4.52 Å². The zero-order chi connectivity index (χ0) is 17.6. The molecule has 0 aliphatic carbocycles. The van der Waals surface area contributed by atoms with Gasteiger partial charge in [-0.2, -0.15) is 0 Å². The van der Waals surface area contributed by atoms with Crippen molar-refractivity contribution in [2.75, 3.05) is 6.54 Å². The van der Waals surface area contributed by atoms with Gasteiger partial charge >= 0.3 is 0 Å². The largest absolute Gasteiger partial charge is 0.361 e. The fourth-order valence-corrected chi connectivity index (χ4v) is 3.39. The molecule has 1 saturated heterocycles. The molecule has 0 radical (unpaired) electrons. The van der Waals surface area contributed by atoms with Crippen LogP contribution >= 0.6 is 0 Å². The van der Waals surface area contributed by atoms with Crippen LogP contribution in [0, 0.1) is 20.8 Å². The van der Waals surface area contributed by atoms with Crippen LogP contribution in [0.25, 0.3) is 11.0 Å². The Morgan fingerprint density at radius 1 is 1.12 bits per heavy atom. The van der Waals surface area contributed by atoms with Crippen molar-refractivity contribution in [2.24, 2.45) is 0 Å². The summed E-state index contributed by atoms with van der Waals surface area (Å²) >= 11 is 0. The van der Waals surface area contributed by atoms with E-state index >= 15 is 0 Å². The summed E-state index contributed by atoms with van der Waals surface area (Å²) < 4.78 is 5.19. The van der Waals surface area contributed by atoms with Gasteiger partial charge in [0.15, 0.2) is 0 Å². The number of carbonyl (C=O) groups excluding carboxylic acids is 1. The minimum atomic E-state index is -0.0218. The highest BCUT2D eigenvalue weighted by atomic mass is 16.5. The lowest BCUT2D eigenvalue weighted by Crippen LogP contribution is -2.30. The van der Waals surface area contributed by atoms with Crippen LogP contribution in [0.15, 0.2) is 28.8 Å². The van der Waals surface area contributed by atoms with E-state index in [2.05, 4.69) is 15.1 Å². The lowest BCUT2D eigenvalue weighted by atomic mass is 10.1. The predicted octanol–water partition coefficient (Wildman–Crippen LogP) is 3.52. The van der Waals surface area contributed by atoms with Crippen LogP contribution in [0.3, 0.4) is 0 Å². The van der Waals surface area contributed by atoms with Crippen molar-refractivity contribution in [3.8, 4) is 0 Å². The summed E-state index contributed by atoms with van der Waals surface area (Å²) in [6.45, 7) is 6.46. The number of hydrogen-bond donors (Lipinski definition) is 0. The van der Waals surface area contributed by atoms with Crippen LogP contribution in [0.5, 0.6) is 0 Å². The first-order valence-electron chi connectivity index (χ1n) is 8.52. The summed E-state index contributed by atoms with van der Waals surface area (Å²) in [6.07, 6.45) is 1.87. The van der Waals surface area contributed by atoms with Crippen molar-refractivity contribution in [2.45, 2.75) is 39.7 Å². The van der Waals surface area contributed by atoms with E-state index in [1.54, 1.807) is 0 Å². The van der Waals surface area contributed by atoms with E-state index in [0.29, 0.717) is 5.56 Å². The maximum atomic E-state index is 13.1. The third-order valence-corrected chi connectivity index (χ3v) is 4.82. The molecule has 1 aromatic carbocycles. The average Bonchev–Trinajstić information content (AvgIpc) is 3.23. The number of benzene rings is 1. The number of aromatic nitrogens is 3. The van der Waals surface area contributed by atoms with Crippen molar-refractivity contribution in [3.05, 3.63) is 52.7 Å². The number of carbonyl (C=O) groups is 1. The standard InChI is InChI=1S/C19H20N4O2/c1-11-9-17(22-25-11)18-5-4-8-23(18)19(24)14-6-7-15-16(10-14)21-13(3)12(2)20-15/h6-7,9-10,18H,4-5,8H2,1-3H3. The predicted molar refractivity (Wildman–Crippen MR) is 93.3 cm³/mol. The van der Waals surface area contributed by atoms with Gasteiger partial charge in [0.05, 0.1) is 28.5 Å². The van der Waals surface area contributed by atoms with E-state index in [-0.39, 0.29) is 11.9 Å². The van der Waals surface area contributed by atoms with Crippen LogP contribution in [0.1, 0.15) is 52.1 Å². The van der Waals surface area contributed by atoms with Crippen LogP contribution in [0.4, 0.5) is 0 Å². The van der Waals surface area contributed by atoms with E-state index in [1.807, 2.05) is 49.9 Å². The highest BCUT2D eigenvalue weighted by molar-refractivity contribution is 5.97. The zero-order valence-corrected chi connectivity index (χ0v) is 14.6. The number of rotatable bonds is 2. The number of hydrogen-bond acceptors (Lipinski definition) is 5. The van der Waals surface area contributed by atoms with Gasteiger partial charge in [0.2, 0.25) is 0 Å². The Kier molecular flexibility index (Phi) is 3.75. The average molecular weight is 336 g/mol. The molecule has 1 fully saturated rings. The minimum absolute atomic E-state index is 0.00470. The second-order valence-electron chi connectivity index (χ2n) is 6.62. The Balaban J connectivity index is 1.67. The molecular formula is C19H20N4O2. The first-order chi connectivity index (χ1) is 12.0. The van der Waals surface area contributed by atoms with E-state index in [9.17, 15) is 4.79 Å². The maximum Gasteiger partial charge on any atom is 0.254 e. The molecule has 0 saturated carbocycles.